The molecule has 1 unspecified atom stereocenters. The van der Waals surface area contributed by atoms with Crippen molar-refractivity contribution in [1.82, 2.24) is 26.2 Å². The van der Waals surface area contributed by atoms with Gasteiger partial charge in [0.25, 0.3) is 0 Å². The topological polar surface area (TPSA) is 149 Å². The highest BCUT2D eigenvalue weighted by molar-refractivity contribution is 8.14. The van der Waals surface area contributed by atoms with Gasteiger partial charge >= 0.3 is 0 Å². The lowest BCUT2D eigenvalue weighted by atomic mass is 10.1. The van der Waals surface area contributed by atoms with Gasteiger partial charge in [0.05, 0.1) is 26.0 Å². The van der Waals surface area contributed by atoms with Gasteiger partial charge in [-0.25, -0.2) is 0 Å². The Labute approximate surface area is 296 Å². The summed E-state index contributed by atoms with van der Waals surface area (Å²) in [5.41, 5.74) is 10.2. The van der Waals surface area contributed by atoms with Crippen LogP contribution in [0.2, 0.25) is 0 Å². The molecule has 49 heavy (non-hydrogen) atoms. The first-order chi connectivity index (χ1) is 24.0. The summed E-state index contributed by atoms with van der Waals surface area (Å²) in [6, 6.07) is 19.0. The zero-order valence-corrected chi connectivity index (χ0v) is 29.9. The summed E-state index contributed by atoms with van der Waals surface area (Å²) in [4.78, 5) is 6.83. The fraction of sp³-hybridized carbons (Fsp3) is 0.486. The number of fused-ring (bicyclic) bond motifs is 1. The van der Waals surface area contributed by atoms with Crippen molar-refractivity contribution in [2.45, 2.75) is 44.0 Å². The number of nitrogens with two attached hydrogens (primary N) is 1. The molecule has 1 atom stereocenters. The van der Waals surface area contributed by atoms with E-state index in [-0.39, 0.29) is 11.5 Å². The Morgan fingerprint density at radius 2 is 1.31 bits per heavy atom. The number of methoxy groups -OCH3 is 2. The monoisotopic (exact) mass is 693 g/mol. The van der Waals surface area contributed by atoms with Crippen molar-refractivity contribution in [3.05, 3.63) is 77.4 Å². The first-order valence-electron chi connectivity index (χ1n) is 17.3. The predicted molar refractivity (Wildman–Crippen MR) is 202 cm³/mol. The van der Waals surface area contributed by atoms with Crippen molar-refractivity contribution >= 4 is 22.6 Å². The molecule has 0 amide bonds. The number of phenols is 2. The number of ether oxygens (including phenoxy) is 2. The molecule has 0 aromatic heterocycles. The molecule has 8 N–H and O–H groups in total. The van der Waals surface area contributed by atoms with E-state index in [0.717, 1.165) is 102 Å². The number of aliphatic imine (C=N–C) groups is 1. The Hall–Kier alpha value is -3.68. The van der Waals surface area contributed by atoms with Gasteiger partial charge in [0.15, 0.2) is 28.2 Å². The Kier molecular flexibility index (Phi) is 16.7. The zero-order valence-electron chi connectivity index (χ0n) is 29.0. The van der Waals surface area contributed by atoms with Crippen LogP contribution in [0.25, 0.3) is 0 Å². The quantitative estimate of drug-likeness (QED) is 0.0665. The fourth-order valence-corrected chi connectivity index (χ4v) is 6.87. The second-order valence-corrected chi connectivity index (χ2v) is 13.3. The number of nitrogens with one attached hydrogen (secondary N) is 4. The molecule has 268 valence electrons. The van der Waals surface area contributed by atoms with Crippen LogP contribution in [0, 0.1) is 0 Å². The fourth-order valence-electron chi connectivity index (χ4n) is 5.60. The molecule has 0 radical (unpaired) electrons. The van der Waals surface area contributed by atoms with Gasteiger partial charge in [-0.15, -0.1) is 0 Å². The van der Waals surface area contributed by atoms with E-state index in [0.29, 0.717) is 16.7 Å². The minimum absolute atomic E-state index is 0.172. The van der Waals surface area contributed by atoms with E-state index in [1.54, 1.807) is 26.4 Å². The normalized spacial score (nSPS) is 15.0. The van der Waals surface area contributed by atoms with Crippen LogP contribution in [0.5, 0.6) is 23.0 Å². The average molecular weight is 694 g/mol. The maximum absolute atomic E-state index is 9.63. The Morgan fingerprint density at radius 3 is 1.84 bits per heavy atom. The van der Waals surface area contributed by atoms with E-state index in [4.69, 9.17) is 15.2 Å². The van der Waals surface area contributed by atoms with Gasteiger partial charge in [0.2, 0.25) is 0 Å². The van der Waals surface area contributed by atoms with Crippen LogP contribution in [0.15, 0.2) is 65.7 Å². The van der Waals surface area contributed by atoms with Gasteiger partial charge < -0.3 is 51.6 Å². The van der Waals surface area contributed by atoms with Crippen molar-refractivity contribution in [1.29, 1.82) is 0 Å². The SMILES string of the molecule is COc1cc(CNCCCNCCCCNCCCNCc2ccc(O)c(OC)c2)ccc1O.Nc1cccc(C2CN3CCN=C3S2)c1. The van der Waals surface area contributed by atoms with Crippen LogP contribution in [0.4, 0.5) is 5.69 Å². The number of phenolic OH excluding ortho intramolecular Hbond substituents is 2. The number of hydrogen-bond donors (Lipinski definition) is 7. The Morgan fingerprint density at radius 1 is 0.755 bits per heavy atom. The van der Waals surface area contributed by atoms with Gasteiger partial charge in [-0.2, -0.15) is 0 Å². The number of unbranched alkanes of at least 4 members (excludes halogenated alkanes) is 1. The second-order valence-electron chi connectivity index (χ2n) is 12.2. The third kappa shape index (κ3) is 13.3. The van der Waals surface area contributed by atoms with E-state index in [2.05, 4.69) is 43.3 Å². The molecule has 2 aliphatic rings. The summed E-state index contributed by atoms with van der Waals surface area (Å²) < 4.78 is 10.3. The Bertz CT molecular complexity index is 1380. The van der Waals surface area contributed by atoms with Crippen molar-refractivity contribution in [2.75, 3.05) is 78.9 Å². The largest absolute Gasteiger partial charge is 0.504 e. The molecule has 2 aliphatic heterocycles. The van der Waals surface area contributed by atoms with Crippen LogP contribution in [0.3, 0.4) is 0 Å². The number of nitrogen functional groups attached to an aromatic ring is 1. The summed E-state index contributed by atoms with van der Waals surface area (Å²) in [6.45, 7) is 10.7. The molecular weight excluding hydrogens is 639 g/mol. The third-order valence-electron chi connectivity index (χ3n) is 8.32. The van der Waals surface area contributed by atoms with Crippen molar-refractivity contribution in [3.8, 4) is 23.0 Å². The summed E-state index contributed by atoms with van der Waals surface area (Å²) in [7, 11) is 3.12. The first kappa shape index (κ1) is 38.1. The molecule has 12 heteroatoms. The lowest BCUT2D eigenvalue weighted by Gasteiger charge is -2.11. The Balaban J connectivity index is 0.000000295. The number of thioether (sulfide) groups is 1. The summed E-state index contributed by atoms with van der Waals surface area (Å²) >= 11 is 1.86. The number of aromatic hydroxyl groups is 2. The number of amidine groups is 1. The highest BCUT2D eigenvalue weighted by atomic mass is 32.2. The number of hydrogen-bond acceptors (Lipinski definition) is 12. The molecule has 0 aliphatic carbocycles. The van der Waals surface area contributed by atoms with Crippen LogP contribution in [-0.2, 0) is 13.1 Å². The first-order valence-corrected chi connectivity index (χ1v) is 18.2. The average Bonchev–Trinajstić information content (AvgIpc) is 3.73. The number of nitrogens with zero attached hydrogens (tertiary/aromatic N) is 2. The summed E-state index contributed by atoms with van der Waals surface area (Å²) in [5.74, 6) is 1.37. The minimum atomic E-state index is 0.172. The molecule has 5 rings (SSSR count). The van der Waals surface area contributed by atoms with E-state index in [9.17, 15) is 10.2 Å². The van der Waals surface area contributed by atoms with Gasteiger partial charge in [0.1, 0.15) is 0 Å². The lowest BCUT2D eigenvalue weighted by molar-refractivity contribution is 0.372. The molecule has 3 aromatic carbocycles. The molecule has 2 heterocycles. The molecule has 3 aromatic rings. The predicted octanol–water partition coefficient (Wildman–Crippen LogP) is 4.46. The van der Waals surface area contributed by atoms with Crippen molar-refractivity contribution < 1.29 is 19.7 Å². The molecule has 0 spiro atoms. The van der Waals surface area contributed by atoms with E-state index in [1.807, 2.05) is 48.2 Å². The van der Waals surface area contributed by atoms with Crippen LogP contribution < -0.4 is 36.5 Å². The highest BCUT2D eigenvalue weighted by Crippen LogP contribution is 2.39. The third-order valence-corrected chi connectivity index (χ3v) is 9.63. The van der Waals surface area contributed by atoms with Crippen LogP contribution in [-0.4, -0.2) is 93.4 Å². The van der Waals surface area contributed by atoms with Gasteiger partial charge in [-0.1, -0.05) is 36.0 Å². The van der Waals surface area contributed by atoms with Gasteiger partial charge in [0, 0.05) is 31.9 Å². The summed E-state index contributed by atoms with van der Waals surface area (Å²) in [6.07, 6.45) is 4.51. The highest BCUT2D eigenvalue weighted by Gasteiger charge is 2.32. The molecule has 11 nitrogen and oxygen atoms in total. The number of benzene rings is 3. The van der Waals surface area contributed by atoms with E-state index < -0.39 is 0 Å². The van der Waals surface area contributed by atoms with Gasteiger partial charge in [-0.05, 0) is 118 Å². The lowest BCUT2D eigenvalue weighted by Crippen LogP contribution is -2.24. The molecular formula is C37H55N7O4S. The van der Waals surface area contributed by atoms with Crippen LogP contribution >= 0.6 is 11.8 Å². The van der Waals surface area contributed by atoms with E-state index >= 15 is 0 Å². The van der Waals surface area contributed by atoms with Crippen molar-refractivity contribution in [3.63, 3.8) is 0 Å². The van der Waals surface area contributed by atoms with Crippen molar-refractivity contribution in [2.24, 2.45) is 4.99 Å². The molecule has 1 saturated heterocycles. The molecule has 1 fully saturated rings. The minimum Gasteiger partial charge on any atom is -0.504 e. The smallest absolute Gasteiger partial charge is 0.160 e. The van der Waals surface area contributed by atoms with E-state index in [1.165, 1.54) is 23.6 Å². The second kappa shape index (κ2) is 21.4. The van der Waals surface area contributed by atoms with Gasteiger partial charge in [-0.3, -0.25) is 4.99 Å². The summed E-state index contributed by atoms with van der Waals surface area (Å²) in [5, 5.41) is 34.8. The maximum atomic E-state index is 9.63. The number of rotatable bonds is 20. The zero-order chi connectivity index (χ0) is 34.7. The molecule has 0 saturated carbocycles. The molecule has 0 bridgehead atoms. The maximum Gasteiger partial charge on any atom is 0.160 e. The number of anilines is 1. The van der Waals surface area contributed by atoms with Crippen LogP contribution in [0.1, 0.15) is 47.6 Å². The standard InChI is InChI=1S/C26H42N4O4.C11H13N3S/c1-33-25-17-21(7-9-23(25)31)19-29-15-5-13-27-11-3-4-12-28-14-6-16-30-20-22-8-10-24(32)26(18-22)34-2;12-9-3-1-2-8(6-9)10-7-14-5-4-13-11(14)15-10/h7-10,17-18,27-32H,3-6,11-16,19-20H2,1-2H3;1-3,6,10H,4-5,7,12H2.